The zero-order chi connectivity index (χ0) is 15.0. The van der Waals surface area contributed by atoms with E-state index in [0.29, 0.717) is 6.61 Å². The Morgan fingerprint density at radius 1 is 1.23 bits per heavy atom. The molecule has 1 aromatic rings. The summed E-state index contributed by atoms with van der Waals surface area (Å²) in [5.41, 5.74) is 1.28. The second-order valence-electron chi connectivity index (χ2n) is 6.71. The zero-order valence-corrected chi connectivity index (χ0v) is 14.8. The van der Waals surface area contributed by atoms with Crippen LogP contribution in [0.2, 0.25) is 0 Å². The fourth-order valence-electron chi connectivity index (χ4n) is 4.01. The summed E-state index contributed by atoms with van der Waals surface area (Å²) in [6.45, 7) is 3.97. The molecule has 0 aliphatic carbocycles. The van der Waals surface area contributed by atoms with Gasteiger partial charge in [0, 0.05) is 16.4 Å². The molecule has 0 amide bonds. The molecule has 1 unspecified atom stereocenters. The lowest BCUT2D eigenvalue weighted by atomic mass is 9.62. The van der Waals surface area contributed by atoms with Crippen molar-refractivity contribution in [1.29, 1.82) is 0 Å². The molecule has 4 heterocycles. The Morgan fingerprint density at radius 3 is 2.73 bits per heavy atom. The Kier molecular flexibility index (Phi) is 3.80. The van der Waals surface area contributed by atoms with E-state index in [1.165, 1.54) is 31.5 Å². The predicted molar refractivity (Wildman–Crippen MR) is 94.1 cm³/mol. The van der Waals surface area contributed by atoms with Crippen LogP contribution in [0.4, 0.5) is 0 Å². The molecule has 1 atom stereocenters. The van der Waals surface area contributed by atoms with Crippen molar-refractivity contribution in [1.82, 2.24) is 4.90 Å². The van der Waals surface area contributed by atoms with Crippen molar-refractivity contribution in [2.24, 2.45) is 10.6 Å². The Balaban J connectivity index is 1.45. The molecule has 5 heteroatoms. The number of fused-ring (bicyclic) bond motifs is 2. The number of hydrogen-bond acceptors (Lipinski definition) is 4. The van der Waals surface area contributed by atoms with Crippen LogP contribution < -0.4 is 0 Å². The Labute approximate surface area is 145 Å². The van der Waals surface area contributed by atoms with Gasteiger partial charge >= 0.3 is 0 Å². The molecule has 2 bridgehead atoms. The SMILES string of the molecule is ICC12CCN(CC1)CC21CC(OCc2ccccc2)=NO1. The van der Waals surface area contributed by atoms with Crippen LogP contribution in [0, 0.1) is 5.41 Å². The molecule has 1 aromatic carbocycles. The first-order chi connectivity index (χ1) is 10.8. The van der Waals surface area contributed by atoms with Crippen LogP contribution in [0.3, 0.4) is 0 Å². The highest BCUT2D eigenvalue weighted by Gasteiger charge is 2.61. The van der Waals surface area contributed by atoms with E-state index >= 15 is 0 Å². The molecule has 0 saturated carbocycles. The molecule has 0 aromatic heterocycles. The van der Waals surface area contributed by atoms with Crippen LogP contribution in [0.5, 0.6) is 0 Å². The fourth-order valence-corrected chi connectivity index (χ4v) is 5.47. The fraction of sp³-hybridized carbons (Fsp3) is 0.588. The first kappa shape index (κ1) is 14.8. The second kappa shape index (κ2) is 5.67. The largest absolute Gasteiger partial charge is 0.474 e. The number of ether oxygens (including phenoxy) is 1. The Bertz CT molecular complexity index is 569. The van der Waals surface area contributed by atoms with E-state index in [2.05, 4.69) is 44.8 Å². The number of oxime groups is 1. The average Bonchev–Trinajstić information content (AvgIpc) is 2.98. The summed E-state index contributed by atoms with van der Waals surface area (Å²) in [4.78, 5) is 8.54. The van der Waals surface area contributed by atoms with Gasteiger partial charge in [-0.15, -0.1) is 0 Å². The van der Waals surface area contributed by atoms with Gasteiger partial charge in [-0.3, -0.25) is 4.90 Å². The van der Waals surface area contributed by atoms with Crippen LogP contribution >= 0.6 is 22.6 Å². The quantitative estimate of drug-likeness (QED) is 0.565. The lowest BCUT2D eigenvalue weighted by molar-refractivity contribution is -0.180. The highest BCUT2D eigenvalue weighted by atomic mass is 127. The van der Waals surface area contributed by atoms with Crippen molar-refractivity contribution in [3.05, 3.63) is 35.9 Å². The van der Waals surface area contributed by atoms with Crippen molar-refractivity contribution in [2.45, 2.75) is 31.5 Å². The van der Waals surface area contributed by atoms with Gasteiger partial charge in [0.05, 0.1) is 6.42 Å². The first-order valence-electron chi connectivity index (χ1n) is 7.95. The molecule has 0 N–H and O–H groups in total. The maximum absolute atomic E-state index is 6.03. The molecule has 3 saturated heterocycles. The van der Waals surface area contributed by atoms with Gasteiger partial charge in [-0.1, -0.05) is 58.1 Å². The maximum atomic E-state index is 6.03. The van der Waals surface area contributed by atoms with E-state index < -0.39 is 0 Å². The first-order valence-corrected chi connectivity index (χ1v) is 9.48. The van der Waals surface area contributed by atoms with Gasteiger partial charge in [0.2, 0.25) is 5.90 Å². The van der Waals surface area contributed by atoms with Gasteiger partial charge in [0.25, 0.3) is 0 Å². The minimum absolute atomic E-state index is 0.156. The van der Waals surface area contributed by atoms with E-state index in [1.807, 2.05) is 18.2 Å². The number of piperidine rings is 3. The molecule has 4 nitrogen and oxygen atoms in total. The van der Waals surface area contributed by atoms with E-state index in [-0.39, 0.29) is 11.0 Å². The van der Waals surface area contributed by atoms with E-state index in [4.69, 9.17) is 9.57 Å². The highest BCUT2D eigenvalue weighted by molar-refractivity contribution is 14.1. The van der Waals surface area contributed by atoms with Crippen molar-refractivity contribution < 1.29 is 9.57 Å². The molecular formula is C17H21IN2O2. The third kappa shape index (κ3) is 2.33. The molecule has 1 spiro atoms. The number of alkyl halides is 1. The van der Waals surface area contributed by atoms with E-state index in [1.54, 1.807) is 0 Å². The van der Waals surface area contributed by atoms with Crippen LogP contribution in [-0.2, 0) is 16.2 Å². The lowest BCUT2D eigenvalue weighted by Gasteiger charge is -2.57. The van der Waals surface area contributed by atoms with Crippen LogP contribution in [0.25, 0.3) is 0 Å². The highest BCUT2D eigenvalue weighted by Crippen LogP contribution is 2.53. The van der Waals surface area contributed by atoms with Crippen LogP contribution in [0.15, 0.2) is 35.5 Å². The van der Waals surface area contributed by atoms with Crippen molar-refractivity contribution >= 4 is 28.5 Å². The number of hydrogen-bond donors (Lipinski definition) is 0. The number of nitrogens with zero attached hydrogens (tertiary/aromatic N) is 2. The van der Waals surface area contributed by atoms with E-state index in [9.17, 15) is 0 Å². The molecule has 0 radical (unpaired) electrons. The van der Waals surface area contributed by atoms with Gasteiger partial charge in [-0.25, -0.2) is 0 Å². The van der Waals surface area contributed by atoms with Gasteiger partial charge in [0.1, 0.15) is 6.61 Å². The summed E-state index contributed by atoms with van der Waals surface area (Å²) in [6, 6.07) is 10.2. The molecule has 4 aliphatic heterocycles. The standard InChI is InChI=1S/C17H21IN2O2/c18-12-16-6-8-20(9-7-16)13-17(16)10-15(19-22-17)21-11-14-4-2-1-3-5-14/h1-5H,6-13H2. The summed E-state index contributed by atoms with van der Waals surface area (Å²) in [5, 5.41) is 4.30. The minimum Gasteiger partial charge on any atom is -0.474 e. The van der Waals surface area contributed by atoms with Gasteiger partial charge in [0.15, 0.2) is 5.60 Å². The van der Waals surface area contributed by atoms with E-state index in [0.717, 1.165) is 23.3 Å². The molecule has 3 fully saturated rings. The summed E-state index contributed by atoms with van der Waals surface area (Å²) >= 11 is 2.53. The third-order valence-electron chi connectivity index (χ3n) is 5.52. The van der Waals surface area contributed by atoms with Gasteiger partial charge in [-0.05, 0) is 31.5 Å². The van der Waals surface area contributed by atoms with Crippen molar-refractivity contribution in [2.75, 3.05) is 24.1 Å². The van der Waals surface area contributed by atoms with Crippen LogP contribution in [-0.4, -0.2) is 40.5 Å². The number of halogens is 1. The van der Waals surface area contributed by atoms with Crippen LogP contribution in [0.1, 0.15) is 24.8 Å². The molecule has 4 aliphatic rings. The molecule has 22 heavy (non-hydrogen) atoms. The monoisotopic (exact) mass is 412 g/mol. The summed E-state index contributed by atoms with van der Waals surface area (Å²) in [5.74, 6) is 0.766. The topological polar surface area (TPSA) is 34.1 Å². The zero-order valence-electron chi connectivity index (χ0n) is 12.6. The second-order valence-corrected chi connectivity index (χ2v) is 7.47. The summed E-state index contributed by atoms with van der Waals surface area (Å²) in [6.07, 6.45) is 3.26. The predicted octanol–water partition coefficient (Wildman–Crippen LogP) is 3.21. The Morgan fingerprint density at radius 2 is 2.00 bits per heavy atom. The third-order valence-corrected chi connectivity index (χ3v) is 6.98. The van der Waals surface area contributed by atoms with Crippen molar-refractivity contribution in [3.63, 3.8) is 0 Å². The molecule has 5 rings (SSSR count). The van der Waals surface area contributed by atoms with Gasteiger partial charge in [-0.2, -0.15) is 0 Å². The average molecular weight is 412 g/mol. The maximum Gasteiger partial charge on any atom is 0.230 e. The van der Waals surface area contributed by atoms with Crippen molar-refractivity contribution in [3.8, 4) is 0 Å². The Hall–Kier alpha value is -0.820. The molecular weight excluding hydrogens is 391 g/mol. The number of benzene rings is 1. The summed E-state index contributed by atoms with van der Waals surface area (Å²) in [7, 11) is 0. The number of rotatable bonds is 3. The minimum atomic E-state index is -0.156. The lowest BCUT2D eigenvalue weighted by Crippen LogP contribution is -2.66. The summed E-state index contributed by atoms with van der Waals surface area (Å²) < 4.78 is 7.06. The molecule has 118 valence electrons. The van der Waals surface area contributed by atoms with Gasteiger partial charge < -0.3 is 9.57 Å². The smallest absolute Gasteiger partial charge is 0.230 e. The normalized spacial score (nSPS) is 36.2.